The van der Waals surface area contributed by atoms with E-state index in [-0.39, 0.29) is 6.10 Å². The molecule has 0 fully saturated rings. The second-order valence-corrected chi connectivity index (χ2v) is 9.50. The summed E-state index contributed by atoms with van der Waals surface area (Å²) in [4.78, 5) is 13.6. The monoisotopic (exact) mass is 512 g/mol. The van der Waals surface area contributed by atoms with Crippen molar-refractivity contribution in [2.24, 2.45) is 7.05 Å². The van der Waals surface area contributed by atoms with Crippen LogP contribution >= 0.6 is 0 Å². The minimum Gasteiger partial charge on any atom is -0.493 e. The number of aromatic amines is 1. The second-order valence-electron chi connectivity index (χ2n) is 9.50. The Balaban J connectivity index is 1.25. The number of rotatable bonds is 7. The van der Waals surface area contributed by atoms with Crippen LogP contribution in [-0.4, -0.2) is 38.8 Å². The summed E-state index contributed by atoms with van der Waals surface area (Å²) in [5.74, 6) is 2.39. The molecule has 0 amide bonds. The number of H-pyrrole nitrogens is 1. The van der Waals surface area contributed by atoms with Gasteiger partial charge < -0.3 is 19.9 Å². The highest BCUT2D eigenvalue weighted by Crippen LogP contribution is 2.38. The number of fused-ring (bicyclic) bond motifs is 2. The average Bonchev–Trinajstić information content (AvgIpc) is 3.51. The maximum absolute atomic E-state index is 6.45. The predicted molar refractivity (Wildman–Crippen MR) is 142 cm³/mol. The SMILES string of the molecule is COc1cc2c(cn1)C(Oc1ccc(Cn3c(N)nc4cc(-c5c[nH][n+](C)c5)cnc43)cc1OC)CCC2. The Morgan fingerprint density at radius 2 is 1.97 bits per heavy atom. The van der Waals surface area contributed by atoms with Crippen molar-refractivity contribution in [3.05, 3.63) is 71.8 Å². The summed E-state index contributed by atoms with van der Waals surface area (Å²) in [5, 5.41) is 3.12. The fraction of sp³-hybridized carbons (Fsp3) is 0.286. The number of aromatic nitrogens is 6. The van der Waals surface area contributed by atoms with E-state index in [0.29, 0.717) is 29.9 Å². The molecule has 4 heterocycles. The second kappa shape index (κ2) is 9.70. The molecule has 0 saturated heterocycles. The third-order valence-corrected chi connectivity index (χ3v) is 7.01. The van der Waals surface area contributed by atoms with Crippen LogP contribution in [0.4, 0.5) is 5.95 Å². The number of hydrogen-bond donors (Lipinski definition) is 2. The van der Waals surface area contributed by atoms with Crippen molar-refractivity contribution in [3.63, 3.8) is 0 Å². The molecule has 0 saturated carbocycles. The van der Waals surface area contributed by atoms with E-state index in [0.717, 1.165) is 52.7 Å². The van der Waals surface area contributed by atoms with Crippen LogP contribution in [0.1, 0.15) is 35.6 Å². The van der Waals surface area contributed by atoms with E-state index in [1.165, 1.54) is 5.56 Å². The average molecular weight is 513 g/mol. The lowest BCUT2D eigenvalue weighted by atomic mass is 9.91. The molecule has 194 valence electrons. The van der Waals surface area contributed by atoms with Crippen LogP contribution in [0.15, 0.2) is 55.1 Å². The minimum absolute atomic E-state index is 0.0919. The molecule has 3 N–H and O–H groups in total. The van der Waals surface area contributed by atoms with Gasteiger partial charge >= 0.3 is 0 Å². The molecular formula is C28H30N7O3+. The molecule has 0 bridgehead atoms. The fourth-order valence-electron chi connectivity index (χ4n) is 5.06. The van der Waals surface area contributed by atoms with Crippen molar-refractivity contribution in [2.75, 3.05) is 20.0 Å². The molecule has 38 heavy (non-hydrogen) atoms. The molecule has 1 unspecified atom stereocenters. The van der Waals surface area contributed by atoms with Crippen LogP contribution in [0.5, 0.6) is 17.4 Å². The summed E-state index contributed by atoms with van der Waals surface area (Å²) in [5.41, 5.74) is 13.1. The number of nitrogens with one attached hydrogen (secondary N) is 1. The van der Waals surface area contributed by atoms with Crippen LogP contribution in [-0.2, 0) is 20.0 Å². The van der Waals surface area contributed by atoms with Crippen LogP contribution in [0, 0.1) is 0 Å². The number of anilines is 1. The van der Waals surface area contributed by atoms with Crippen molar-refractivity contribution in [1.82, 2.24) is 24.6 Å². The third kappa shape index (κ3) is 4.38. The molecule has 1 atom stereocenters. The number of imidazole rings is 1. The van der Waals surface area contributed by atoms with E-state index in [4.69, 9.17) is 19.9 Å². The summed E-state index contributed by atoms with van der Waals surface area (Å²) in [6.45, 7) is 0.500. The molecule has 10 heteroatoms. The normalized spacial score (nSPS) is 14.9. The molecule has 10 nitrogen and oxygen atoms in total. The number of nitrogens with two attached hydrogens (primary N) is 1. The number of benzene rings is 1. The molecule has 5 aromatic rings. The Bertz CT molecular complexity index is 1620. The Morgan fingerprint density at radius 1 is 1.08 bits per heavy atom. The highest BCUT2D eigenvalue weighted by atomic mass is 16.5. The quantitative estimate of drug-likeness (QED) is 0.319. The number of pyridine rings is 2. The van der Waals surface area contributed by atoms with Crippen molar-refractivity contribution in [2.45, 2.75) is 31.9 Å². The molecule has 0 spiro atoms. The summed E-state index contributed by atoms with van der Waals surface area (Å²) in [6.07, 6.45) is 10.5. The molecular weight excluding hydrogens is 482 g/mol. The molecule has 1 aliphatic rings. The number of ether oxygens (including phenoxy) is 3. The summed E-state index contributed by atoms with van der Waals surface area (Å²) in [6, 6.07) is 9.95. The van der Waals surface area contributed by atoms with E-state index in [1.54, 1.807) is 14.2 Å². The number of hydrogen-bond acceptors (Lipinski definition) is 7. The summed E-state index contributed by atoms with van der Waals surface area (Å²) in [7, 11) is 5.22. The molecule has 4 aromatic heterocycles. The van der Waals surface area contributed by atoms with Crippen LogP contribution in [0.2, 0.25) is 0 Å². The van der Waals surface area contributed by atoms with Crippen molar-refractivity contribution in [3.8, 4) is 28.5 Å². The smallest absolute Gasteiger partial charge is 0.213 e. The number of nitrogen functional groups attached to an aromatic ring is 1. The Morgan fingerprint density at radius 3 is 2.76 bits per heavy atom. The van der Waals surface area contributed by atoms with Crippen molar-refractivity contribution >= 4 is 17.1 Å². The summed E-state index contributed by atoms with van der Waals surface area (Å²) >= 11 is 0. The van der Waals surface area contributed by atoms with Gasteiger partial charge in [-0.3, -0.25) is 4.57 Å². The van der Waals surface area contributed by atoms with E-state index in [1.807, 2.05) is 71.4 Å². The third-order valence-electron chi connectivity index (χ3n) is 7.01. The van der Waals surface area contributed by atoms with Gasteiger partial charge in [0, 0.05) is 29.6 Å². The maximum atomic E-state index is 6.45. The Labute approximate surface area is 220 Å². The van der Waals surface area contributed by atoms with Gasteiger partial charge in [-0.15, -0.1) is 4.68 Å². The van der Waals surface area contributed by atoms with Gasteiger partial charge in [0.25, 0.3) is 0 Å². The highest BCUT2D eigenvalue weighted by Gasteiger charge is 2.24. The van der Waals surface area contributed by atoms with Gasteiger partial charge in [-0.05, 0) is 48.6 Å². The van der Waals surface area contributed by atoms with Gasteiger partial charge in [0.15, 0.2) is 24.2 Å². The van der Waals surface area contributed by atoms with Crippen LogP contribution in [0.25, 0.3) is 22.3 Å². The number of methoxy groups -OCH3 is 2. The lowest BCUT2D eigenvalue weighted by Gasteiger charge is -2.27. The summed E-state index contributed by atoms with van der Waals surface area (Å²) < 4.78 is 21.3. The standard InChI is InChI=1S/C28H29N7O3/c1-34-16-20(13-32-34)19-10-22-27(31-12-19)35(28(29)33-22)15-17-7-8-24(25(9-17)36-2)38-23-6-4-5-18-11-26(37-3)30-14-21(18)23/h7-14,16,23H,4-6,15H2,1-3H3,(H2,29,33)/p+1. The zero-order chi connectivity index (χ0) is 26.2. The molecule has 0 aliphatic heterocycles. The highest BCUT2D eigenvalue weighted by molar-refractivity contribution is 5.80. The lowest BCUT2D eigenvalue weighted by molar-refractivity contribution is -0.726. The van der Waals surface area contributed by atoms with Gasteiger partial charge in [-0.2, -0.15) is 5.10 Å². The lowest BCUT2D eigenvalue weighted by Crippen LogP contribution is -2.27. The van der Waals surface area contributed by atoms with Crippen LogP contribution in [0.3, 0.4) is 0 Å². The Kier molecular flexibility index (Phi) is 6.07. The predicted octanol–water partition coefficient (Wildman–Crippen LogP) is 3.75. The topological polar surface area (TPSA) is 117 Å². The first-order chi connectivity index (χ1) is 18.5. The van der Waals surface area contributed by atoms with Gasteiger partial charge in [0.05, 0.1) is 32.5 Å². The Hall–Kier alpha value is -4.60. The molecule has 1 aliphatic carbocycles. The van der Waals surface area contributed by atoms with E-state index >= 15 is 0 Å². The van der Waals surface area contributed by atoms with Gasteiger partial charge in [-0.1, -0.05) is 6.07 Å². The van der Waals surface area contributed by atoms with Crippen LogP contribution < -0.4 is 24.6 Å². The number of nitrogens with zero attached hydrogens (tertiary/aromatic N) is 5. The van der Waals surface area contributed by atoms with Gasteiger partial charge in [0.2, 0.25) is 18.0 Å². The van der Waals surface area contributed by atoms with E-state index in [2.05, 4.69) is 20.1 Å². The zero-order valence-corrected chi connectivity index (χ0v) is 21.6. The van der Waals surface area contributed by atoms with Gasteiger partial charge in [0.1, 0.15) is 11.6 Å². The number of aryl methyl sites for hydroxylation is 2. The largest absolute Gasteiger partial charge is 0.493 e. The van der Waals surface area contributed by atoms with Gasteiger partial charge in [-0.25, -0.2) is 15.0 Å². The fourth-order valence-corrected chi connectivity index (χ4v) is 5.06. The molecule has 1 aromatic carbocycles. The molecule has 0 radical (unpaired) electrons. The van der Waals surface area contributed by atoms with E-state index in [9.17, 15) is 0 Å². The first-order valence-electron chi connectivity index (χ1n) is 12.5. The minimum atomic E-state index is -0.0919. The van der Waals surface area contributed by atoms with Crippen molar-refractivity contribution in [1.29, 1.82) is 0 Å². The van der Waals surface area contributed by atoms with Crippen molar-refractivity contribution < 1.29 is 18.9 Å². The first-order valence-corrected chi connectivity index (χ1v) is 12.5. The van der Waals surface area contributed by atoms with E-state index < -0.39 is 0 Å². The zero-order valence-electron chi connectivity index (χ0n) is 21.6. The maximum Gasteiger partial charge on any atom is 0.213 e. The molecule has 6 rings (SSSR count). The first kappa shape index (κ1) is 23.8.